The highest BCUT2D eigenvalue weighted by molar-refractivity contribution is 5.95. The summed E-state index contributed by atoms with van der Waals surface area (Å²) < 4.78 is 26.9. The van der Waals surface area contributed by atoms with E-state index >= 15 is 0 Å². The van der Waals surface area contributed by atoms with Crippen LogP contribution < -0.4 is 43.8 Å². The second-order valence-corrected chi connectivity index (χ2v) is 10.5. The van der Waals surface area contributed by atoms with Gasteiger partial charge in [-0.25, -0.2) is 19.2 Å². The lowest BCUT2D eigenvalue weighted by atomic mass is 10.3. The average molecular weight is 799 g/mol. The Hall–Kier alpha value is -5.38. The van der Waals surface area contributed by atoms with Gasteiger partial charge in [-0.3, -0.25) is 9.59 Å². The van der Waals surface area contributed by atoms with Gasteiger partial charge in [0.1, 0.15) is 12.1 Å². The van der Waals surface area contributed by atoms with E-state index in [1.165, 1.54) is 21.3 Å². The van der Waals surface area contributed by atoms with Crippen LogP contribution in [0, 0.1) is 0 Å². The van der Waals surface area contributed by atoms with Crippen LogP contribution in [0.4, 0.5) is 14.4 Å². The number of nitrogens with two attached hydrogens (primary N) is 3. The minimum absolute atomic E-state index is 0.0332. The molecule has 0 spiro atoms. The highest BCUT2D eigenvalue weighted by Gasteiger charge is 2.32. The summed E-state index contributed by atoms with van der Waals surface area (Å²) in [5.41, 5.74) is 16.0. The normalized spacial score (nSPS) is 12.8. The first-order valence-corrected chi connectivity index (χ1v) is 17.3. The largest absolute Gasteiger partial charge is 0.453 e. The molecule has 318 valence electrons. The first kappa shape index (κ1) is 55.0. The standard InChI is InChI=1S/C8H17N3O4.C6H15N3O2.C6H8N2O5.2C6H6.C4H10O/c1-14-4-3-10-7(12)6(9)5-11-8(13)15-2;1-11-3-2-9-6(10)5(8)4-7;1-12-5(10)7-2-3-4(9)13-6(11)8-3;2*1-2-4-6-5-3-1;1-3-4-5-2/h6H,3-5,9H2,1-2H3,(H,10,12)(H,11,13);5H,2-4,7-8H2,1H3,(H,9,10);3H,2H2,1H3,(H,7,10)(H,8,11);2*1-6H;3-4H2,1-2H3. The summed E-state index contributed by atoms with van der Waals surface area (Å²) in [6.45, 7) is 4.90. The minimum Gasteiger partial charge on any atom is -0.453 e. The molecular formula is C36H62N8O12. The van der Waals surface area contributed by atoms with Crippen molar-refractivity contribution in [1.29, 1.82) is 0 Å². The van der Waals surface area contributed by atoms with E-state index < -0.39 is 42.4 Å². The van der Waals surface area contributed by atoms with Gasteiger partial charge in [0.2, 0.25) is 11.8 Å². The van der Waals surface area contributed by atoms with Crippen LogP contribution in [0.3, 0.4) is 0 Å². The predicted octanol–water partition coefficient (Wildman–Crippen LogP) is -0.139. The number of hydrogen-bond donors (Lipinski definition) is 8. The van der Waals surface area contributed by atoms with E-state index in [2.05, 4.69) is 47.7 Å². The van der Waals surface area contributed by atoms with Crippen molar-refractivity contribution in [3.05, 3.63) is 72.8 Å². The second-order valence-electron chi connectivity index (χ2n) is 10.5. The number of rotatable bonds is 15. The predicted molar refractivity (Wildman–Crippen MR) is 209 cm³/mol. The lowest BCUT2D eigenvalue weighted by molar-refractivity contribution is -0.135. The third-order valence-corrected chi connectivity index (χ3v) is 5.94. The summed E-state index contributed by atoms with van der Waals surface area (Å²) in [4.78, 5) is 64.6. The van der Waals surface area contributed by atoms with E-state index in [0.717, 1.165) is 13.0 Å². The number of carbonyl (C=O) groups is 6. The number of esters is 1. The molecular weight excluding hydrogens is 736 g/mol. The first-order valence-electron chi connectivity index (χ1n) is 17.3. The number of methoxy groups -OCH3 is 5. The van der Waals surface area contributed by atoms with Gasteiger partial charge in [0.15, 0.2) is 0 Å². The van der Waals surface area contributed by atoms with Gasteiger partial charge in [-0.2, -0.15) is 0 Å². The molecule has 2 aromatic rings. The second kappa shape index (κ2) is 40.8. The number of hydrogen-bond acceptors (Lipinski definition) is 15. The van der Waals surface area contributed by atoms with E-state index in [9.17, 15) is 28.8 Å². The van der Waals surface area contributed by atoms with Crippen molar-refractivity contribution in [3.63, 3.8) is 0 Å². The van der Waals surface area contributed by atoms with Crippen molar-refractivity contribution in [2.24, 2.45) is 17.2 Å². The molecule has 0 radical (unpaired) electrons. The number of ether oxygens (including phenoxy) is 6. The van der Waals surface area contributed by atoms with Gasteiger partial charge in [0, 0.05) is 54.1 Å². The topological polar surface area (TPSA) is 296 Å². The SMILES string of the molecule is CCCOC.COC(=O)NCC1NC(=O)OC1=O.COCCNC(=O)C(N)CN.COCCNC(=O)C(N)CNC(=O)OC.c1ccccc1.c1ccccc1. The number of amides is 5. The maximum absolute atomic E-state index is 11.2. The summed E-state index contributed by atoms with van der Waals surface area (Å²) in [5, 5.41) is 11.9. The fraction of sp³-hybridized carbons (Fsp3) is 0.500. The van der Waals surface area contributed by atoms with Gasteiger partial charge < -0.3 is 72.2 Å². The van der Waals surface area contributed by atoms with Crippen LogP contribution in [0.15, 0.2) is 72.8 Å². The molecule has 3 rings (SSSR count). The van der Waals surface area contributed by atoms with Crippen LogP contribution in [0.5, 0.6) is 0 Å². The quantitative estimate of drug-likeness (QED) is 0.0504. The zero-order valence-electron chi connectivity index (χ0n) is 33.2. The van der Waals surface area contributed by atoms with E-state index in [4.69, 9.17) is 31.4 Å². The summed E-state index contributed by atoms with van der Waals surface area (Å²) in [6.07, 6.45) is -0.970. The van der Waals surface area contributed by atoms with Gasteiger partial charge in [-0.15, -0.1) is 0 Å². The molecule has 2 aromatic carbocycles. The van der Waals surface area contributed by atoms with Crippen LogP contribution in [-0.4, -0.2) is 142 Å². The van der Waals surface area contributed by atoms with E-state index in [0.29, 0.717) is 26.3 Å². The van der Waals surface area contributed by atoms with Gasteiger partial charge in [-0.1, -0.05) is 79.7 Å². The minimum atomic E-state index is -0.827. The summed E-state index contributed by atoms with van der Waals surface area (Å²) in [6, 6.07) is 21.8. The average Bonchev–Trinajstić information content (AvgIpc) is 3.56. The zero-order chi connectivity index (χ0) is 42.8. The zero-order valence-corrected chi connectivity index (χ0v) is 33.2. The van der Waals surface area contributed by atoms with Crippen molar-refractivity contribution in [3.8, 4) is 0 Å². The monoisotopic (exact) mass is 798 g/mol. The smallest absolute Gasteiger partial charge is 0.415 e. The fourth-order valence-electron chi connectivity index (χ4n) is 3.04. The van der Waals surface area contributed by atoms with Gasteiger partial charge >= 0.3 is 24.2 Å². The van der Waals surface area contributed by atoms with Crippen LogP contribution in [0.25, 0.3) is 0 Å². The Balaban J connectivity index is -0.000000628. The number of carbonyl (C=O) groups excluding carboxylic acids is 6. The van der Waals surface area contributed by atoms with E-state index in [1.54, 1.807) is 14.2 Å². The van der Waals surface area contributed by atoms with Gasteiger partial charge in [-0.05, 0) is 6.42 Å². The van der Waals surface area contributed by atoms with Crippen molar-refractivity contribution < 1.29 is 57.2 Å². The first-order chi connectivity index (χ1) is 26.9. The number of cyclic esters (lactones) is 2. The highest BCUT2D eigenvalue weighted by atomic mass is 16.6. The Labute approximate surface area is 329 Å². The molecule has 11 N–H and O–H groups in total. The molecule has 0 bridgehead atoms. The molecule has 1 aliphatic rings. The van der Waals surface area contributed by atoms with E-state index in [-0.39, 0.29) is 31.4 Å². The molecule has 56 heavy (non-hydrogen) atoms. The molecule has 1 aliphatic heterocycles. The van der Waals surface area contributed by atoms with Crippen LogP contribution in [0.1, 0.15) is 13.3 Å². The van der Waals surface area contributed by atoms with Crippen LogP contribution in [0.2, 0.25) is 0 Å². The molecule has 20 nitrogen and oxygen atoms in total. The van der Waals surface area contributed by atoms with Crippen molar-refractivity contribution >= 4 is 36.1 Å². The highest BCUT2D eigenvalue weighted by Crippen LogP contribution is 1.98. The third kappa shape index (κ3) is 37.0. The Morgan fingerprint density at radius 1 is 0.661 bits per heavy atom. The molecule has 0 aliphatic carbocycles. The third-order valence-electron chi connectivity index (χ3n) is 5.94. The Morgan fingerprint density at radius 2 is 1.05 bits per heavy atom. The lowest BCUT2D eigenvalue weighted by Crippen LogP contribution is -2.48. The van der Waals surface area contributed by atoms with E-state index in [1.807, 2.05) is 72.8 Å². The summed E-state index contributed by atoms with van der Waals surface area (Å²) in [7, 11) is 7.24. The number of nitrogens with one attached hydrogen (secondary N) is 5. The Kier molecular flexibility index (Phi) is 40.0. The van der Waals surface area contributed by atoms with Crippen molar-refractivity contribution in [2.45, 2.75) is 31.5 Å². The molecule has 0 saturated carbocycles. The molecule has 0 aromatic heterocycles. The molecule has 1 saturated heterocycles. The molecule has 3 unspecified atom stereocenters. The van der Waals surface area contributed by atoms with Crippen molar-refractivity contribution in [1.82, 2.24) is 26.6 Å². The maximum Gasteiger partial charge on any atom is 0.415 e. The van der Waals surface area contributed by atoms with Gasteiger partial charge in [0.05, 0.1) is 40.0 Å². The molecule has 1 heterocycles. The molecule has 5 amide bonds. The van der Waals surface area contributed by atoms with Crippen LogP contribution in [-0.2, 0) is 42.8 Å². The van der Waals surface area contributed by atoms with Crippen LogP contribution >= 0.6 is 0 Å². The maximum atomic E-state index is 11.2. The van der Waals surface area contributed by atoms with Gasteiger partial charge in [0.25, 0.3) is 0 Å². The number of benzene rings is 2. The fourth-order valence-corrected chi connectivity index (χ4v) is 3.04. The lowest BCUT2D eigenvalue weighted by Gasteiger charge is -2.12. The Morgan fingerprint density at radius 3 is 1.36 bits per heavy atom. The Bertz CT molecular complexity index is 1180. The van der Waals surface area contributed by atoms with Crippen molar-refractivity contribution in [2.75, 3.05) is 88.1 Å². The molecule has 3 atom stereocenters. The molecule has 1 fully saturated rings. The summed E-state index contributed by atoms with van der Waals surface area (Å²) in [5.74, 6) is -1.28. The summed E-state index contributed by atoms with van der Waals surface area (Å²) >= 11 is 0. The molecule has 20 heteroatoms. The number of alkyl carbamates (subject to hydrolysis) is 3.